The van der Waals surface area contributed by atoms with Gasteiger partial charge in [-0.15, -0.1) is 0 Å². The molecule has 2 unspecified atom stereocenters. The zero-order valence-electron chi connectivity index (χ0n) is 14.4. The molecule has 0 amide bonds. The topological polar surface area (TPSA) is 29.3 Å². The second-order valence-corrected chi connectivity index (χ2v) is 7.55. The summed E-state index contributed by atoms with van der Waals surface area (Å²) in [6.07, 6.45) is 8.94. The zero-order chi connectivity index (χ0) is 15.5. The van der Waals surface area contributed by atoms with Gasteiger partial charge in [0, 0.05) is 25.2 Å². The molecule has 1 aromatic carbocycles. The quantitative estimate of drug-likeness (QED) is 0.845. The highest BCUT2D eigenvalue weighted by atomic mass is 15.2. The molecule has 2 aliphatic rings. The Morgan fingerprint density at radius 2 is 2.00 bits per heavy atom. The summed E-state index contributed by atoms with van der Waals surface area (Å²) < 4.78 is 0. The predicted molar refractivity (Wildman–Crippen MR) is 97.2 cm³/mol. The number of nitrogens with two attached hydrogens (primary N) is 1. The van der Waals surface area contributed by atoms with E-state index in [9.17, 15) is 0 Å². The van der Waals surface area contributed by atoms with Crippen LogP contribution in [0.25, 0.3) is 0 Å². The summed E-state index contributed by atoms with van der Waals surface area (Å²) in [5, 5.41) is 0. The normalized spacial score (nSPS) is 26.8. The van der Waals surface area contributed by atoms with E-state index in [4.69, 9.17) is 5.73 Å². The van der Waals surface area contributed by atoms with Crippen molar-refractivity contribution in [2.45, 2.75) is 63.9 Å². The standard InChI is InChI=1S/C19H31BN2/c1-14-10-15(8-9-20)6-7-17(14)11-16-12-22(13-16)19-5-3-2-4-18(19)21/h6-7,10,16,18-19H,2-5,8-9,11-13,20-21H2,1H3. The van der Waals surface area contributed by atoms with E-state index in [2.05, 4.69) is 37.9 Å². The molecular formula is C19H31BN2. The second-order valence-electron chi connectivity index (χ2n) is 7.55. The van der Waals surface area contributed by atoms with Crippen LogP contribution in [-0.2, 0) is 12.8 Å². The molecule has 1 saturated carbocycles. The molecule has 0 spiro atoms. The number of likely N-dealkylation sites (tertiary alicyclic amines) is 1. The molecule has 3 heteroatoms. The van der Waals surface area contributed by atoms with E-state index in [0.717, 1.165) is 5.92 Å². The van der Waals surface area contributed by atoms with Gasteiger partial charge in [0.25, 0.3) is 0 Å². The summed E-state index contributed by atoms with van der Waals surface area (Å²) in [6, 6.07) is 8.18. The maximum Gasteiger partial charge on any atom is 0.101 e. The van der Waals surface area contributed by atoms with Gasteiger partial charge in [0.15, 0.2) is 0 Å². The average molecular weight is 298 g/mol. The summed E-state index contributed by atoms with van der Waals surface area (Å²) in [6.45, 7) is 4.80. The van der Waals surface area contributed by atoms with Gasteiger partial charge >= 0.3 is 0 Å². The van der Waals surface area contributed by atoms with Crippen molar-refractivity contribution in [3.8, 4) is 0 Å². The van der Waals surface area contributed by atoms with Gasteiger partial charge in [0.05, 0.1) is 0 Å². The number of hydrogen-bond donors (Lipinski definition) is 1. The summed E-state index contributed by atoms with van der Waals surface area (Å²) in [5.74, 6) is 0.838. The highest BCUT2D eigenvalue weighted by molar-refractivity contribution is 6.08. The van der Waals surface area contributed by atoms with E-state index < -0.39 is 0 Å². The van der Waals surface area contributed by atoms with Crippen LogP contribution in [0.1, 0.15) is 42.4 Å². The predicted octanol–water partition coefficient (Wildman–Crippen LogP) is 2.33. The largest absolute Gasteiger partial charge is 0.326 e. The van der Waals surface area contributed by atoms with Crippen molar-refractivity contribution in [2.24, 2.45) is 11.7 Å². The van der Waals surface area contributed by atoms with Gasteiger partial charge in [-0.1, -0.05) is 37.4 Å². The molecule has 1 saturated heterocycles. The number of aryl methyl sites for hydroxylation is 2. The van der Waals surface area contributed by atoms with Crippen LogP contribution >= 0.6 is 0 Å². The Morgan fingerprint density at radius 1 is 1.23 bits per heavy atom. The maximum absolute atomic E-state index is 6.31. The summed E-state index contributed by atoms with van der Waals surface area (Å²) >= 11 is 0. The maximum atomic E-state index is 6.31. The monoisotopic (exact) mass is 298 g/mol. The van der Waals surface area contributed by atoms with E-state index >= 15 is 0 Å². The minimum atomic E-state index is 0.421. The van der Waals surface area contributed by atoms with Crippen LogP contribution in [0.2, 0.25) is 6.32 Å². The lowest BCUT2D eigenvalue weighted by Gasteiger charge is -2.48. The molecule has 2 fully saturated rings. The van der Waals surface area contributed by atoms with Crippen LogP contribution in [0.3, 0.4) is 0 Å². The molecule has 1 aromatic rings. The molecule has 3 rings (SSSR count). The minimum absolute atomic E-state index is 0.421. The molecule has 0 radical (unpaired) electrons. The van der Waals surface area contributed by atoms with Gasteiger partial charge in [0.2, 0.25) is 0 Å². The number of rotatable bonds is 5. The second kappa shape index (κ2) is 7.19. The smallest absolute Gasteiger partial charge is 0.101 e. The van der Waals surface area contributed by atoms with E-state index in [-0.39, 0.29) is 0 Å². The third kappa shape index (κ3) is 3.57. The first-order valence-electron chi connectivity index (χ1n) is 9.25. The number of hydrogen-bond acceptors (Lipinski definition) is 2. The van der Waals surface area contributed by atoms with Crippen molar-refractivity contribution in [3.63, 3.8) is 0 Å². The van der Waals surface area contributed by atoms with Crippen LogP contribution in [0.5, 0.6) is 0 Å². The fraction of sp³-hybridized carbons (Fsp3) is 0.684. The molecule has 0 bridgehead atoms. The Kier molecular flexibility index (Phi) is 5.25. The fourth-order valence-electron chi connectivity index (χ4n) is 4.35. The van der Waals surface area contributed by atoms with Gasteiger partial charge < -0.3 is 5.73 Å². The van der Waals surface area contributed by atoms with Crippen LogP contribution in [0.15, 0.2) is 18.2 Å². The highest BCUT2D eigenvalue weighted by Gasteiger charge is 2.36. The molecule has 0 aromatic heterocycles. The minimum Gasteiger partial charge on any atom is -0.326 e. The molecule has 120 valence electrons. The Hall–Kier alpha value is -0.795. The molecule has 2 atom stereocenters. The van der Waals surface area contributed by atoms with Crippen molar-refractivity contribution in [2.75, 3.05) is 13.1 Å². The van der Waals surface area contributed by atoms with E-state index in [1.165, 1.54) is 69.1 Å². The van der Waals surface area contributed by atoms with Gasteiger partial charge in [0.1, 0.15) is 7.85 Å². The van der Waals surface area contributed by atoms with Crippen LogP contribution in [0.4, 0.5) is 0 Å². The number of nitrogens with zero attached hydrogens (tertiary/aromatic N) is 1. The number of benzene rings is 1. The van der Waals surface area contributed by atoms with Crippen LogP contribution in [0, 0.1) is 12.8 Å². The molecule has 2 N–H and O–H groups in total. The lowest BCUT2D eigenvalue weighted by atomic mass is 9.83. The first kappa shape index (κ1) is 16.1. The van der Waals surface area contributed by atoms with Crippen molar-refractivity contribution in [1.82, 2.24) is 4.90 Å². The lowest BCUT2D eigenvalue weighted by molar-refractivity contribution is 0.0261. The first-order valence-corrected chi connectivity index (χ1v) is 9.25. The Balaban J connectivity index is 1.51. The lowest BCUT2D eigenvalue weighted by Crippen LogP contribution is -2.59. The highest BCUT2D eigenvalue weighted by Crippen LogP contribution is 2.30. The molecule has 2 nitrogen and oxygen atoms in total. The average Bonchev–Trinajstić information content (AvgIpc) is 2.46. The Bertz CT molecular complexity index is 496. The van der Waals surface area contributed by atoms with E-state index in [0.29, 0.717) is 12.1 Å². The summed E-state index contributed by atoms with van der Waals surface area (Å²) in [5.41, 5.74) is 10.8. The SMILES string of the molecule is BCCc1ccc(CC2CN(C3CCCCC3N)C2)c(C)c1. The Labute approximate surface area is 136 Å². The third-order valence-corrected chi connectivity index (χ3v) is 5.69. The van der Waals surface area contributed by atoms with Crippen molar-refractivity contribution >= 4 is 7.85 Å². The third-order valence-electron chi connectivity index (χ3n) is 5.69. The van der Waals surface area contributed by atoms with Gasteiger partial charge in [-0.25, -0.2) is 0 Å². The molecule has 1 aliphatic heterocycles. The molecule has 1 aliphatic carbocycles. The van der Waals surface area contributed by atoms with Crippen molar-refractivity contribution in [1.29, 1.82) is 0 Å². The fourth-order valence-corrected chi connectivity index (χ4v) is 4.35. The first-order chi connectivity index (χ1) is 10.7. The molecular weight excluding hydrogens is 267 g/mol. The zero-order valence-corrected chi connectivity index (χ0v) is 14.4. The molecule has 22 heavy (non-hydrogen) atoms. The van der Waals surface area contributed by atoms with Gasteiger partial charge in [-0.05, 0) is 55.2 Å². The van der Waals surface area contributed by atoms with E-state index in [1.807, 2.05) is 0 Å². The van der Waals surface area contributed by atoms with Crippen molar-refractivity contribution < 1.29 is 0 Å². The van der Waals surface area contributed by atoms with Gasteiger partial charge in [-0.3, -0.25) is 4.90 Å². The van der Waals surface area contributed by atoms with Crippen LogP contribution < -0.4 is 5.73 Å². The van der Waals surface area contributed by atoms with Crippen molar-refractivity contribution in [3.05, 3.63) is 34.9 Å². The Morgan fingerprint density at radius 3 is 2.68 bits per heavy atom. The van der Waals surface area contributed by atoms with Gasteiger partial charge in [-0.2, -0.15) is 0 Å². The van der Waals surface area contributed by atoms with E-state index in [1.54, 1.807) is 5.56 Å². The summed E-state index contributed by atoms with van der Waals surface area (Å²) in [7, 11) is 2.25. The summed E-state index contributed by atoms with van der Waals surface area (Å²) in [4.78, 5) is 2.65. The van der Waals surface area contributed by atoms with Crippen LogP contribution in [-0.4, -0.2) is 37.9 Å². The molecule has 1 heterocycles.